The highest BCUT2D eigenvalue weighted by molar-refractivity contribution is 4.88. The Morgan fingerprint density at radius 1 is 1.29 bits per heavy atom. The van der Waals surface area contributed by atoms with Crippen LogP contribution in [0.2, 0.25) is 0 Å². The maximum atomic E-state index is 6.01. The summed E-state index contributed by atoms with van der Waals surface area (Å²) in [5.41, 5.74) is 6.01. The minimum atomic E-state index is 0.517. The fourth-order valence-electron chi connectivity index (χ4n) is 3.70. The van der Waals surface area contributed by atoms with E-state index in [-0.39, 0.29) is 0 Å². The second-order valence-corrected chi connectivity index (χ2v) is 5.92. The highest BCUT2D eigenvalue weighted by atomic mass is 16.5. The molecule has 0 bridgehead atoms. The average molecular weight is 240 g/mol. The summed E-state index contributed by atoms with van der Waals surface area (Å²) < 4.78 is 5.52. The van der Waals surface area contributed by atoms with Crippen molar-refractivity contribution < 1.29 is 4.74 Å². The molecule has 3 heteroatoms. The van der Waals surface area contributed by atoms with Gasteiger partial charge >= 0.3 is 0 Å². The number of likely N-dealkylation sites (N-methyl/N-ethyl adjacent to an activating group) is 1. The third-order valence-electron chi connectivity index (χ3n) is 4.86. The van der Waals surface area contributed by atoms with E-state index >= 15 is 0 Å². The van der Waals surface area contributed by atoms with E-state index in [1.54, 1.807) is 0 Å². The van der Waals surface area contributed by atoms with Crippen molar-refractivity contribution in [2.75, 3.05) is 26.8 Å². The predicted molar refractivity (Wildman–Crippen MR) is 71.0 cm³/mol. The summed E-state index contributed by atoms with van der Waals surface area (Å²) in [5.74, 6) is 1.48. The summed E-state index contributed by atoms with van der Waals surface area (Å²) in [6.07, 6.45) is 6.71. The van der Waals surface area contributed by atoms with Gasteiger partial charge < -0.3 is 10.5 Å². The Kier molecular flexibility index (Phi) is 4.83. The highest BCUT2D eigenvalue weighted by Crippen LogP contribution is 2.31. The molecule has 17 heavy (non-hydrogen) atoms. The van der Waals surface area contributed by atoms with E-state index in [0.29, 0.717) is 12.0 Å². The Morgan fingerprint density at radius 3 is 2.65 bits per heavy atom. The quantitative estimate of drug-likeness (QED) is 0.815. The van der Waals surface area contributed by atoms with Crippen molar-refractivity contribution in [1.82, 2.24) is 4.90 Å². The Labute approximate surface area is 106 Å². The van der Waals surface area contributed by atoms with Crippen LogP contribution in [0.25, 0.3) is 0 Å². The molecule has 0 aromatic carbocycles. The van der Waals surface area contributed by atoms with E-state index < -0.39 is 0 Å². The summed E-state index contributed by atoms with van der Waals surface area (Å²) in [6, 6.07) is 1.25. The van der Waals surface area contributed by atoms with Crippen LogP contribution in [-0.4, -0.2) is 43.8 Å². The Balaban J connectivity index is 1.97. The smallest absolute Gasteiger partial charge is 0.0510 e. The molecule has 100 valence electrons. The summed E-state index contributed by atoms with van der Waals surface area (Å²) in [7, 11) is 2.28. The molecule has 2 N–H and O–H groups in total. The van der Waals surface area contributed by atoms with Crippen LogP contribution in [0.15, 0.2) is 0 Å². The van der Waals surface area contributed by atoms with Crippen LogP contribution >= 0.6 is 0 Å². The molecule has 4 atom stereocenters. The molecule has 1 saturated carbocycles. The zero-order valence-corrected chi connectivity index (χ0v) is 11.4. The Morgan fingerprint density at radius 2 is 2.06 bits per heavy atom. The van der Waals surface area contributed by atoms with Crippen LogP contribution in [0.4, 0.5) is 0 Å². The molecule has 0 spiro atoms. The van der Waals surface area contributed by atoms with Gasteiger partial charge in [-0.1, -0.05) is 19.8 Å². The lowest BCUT2D eigenvalue weighted by Gasteiger charge is -2.42. The van der Waals surface area contributed by atoms with E-state index in [4.69, 9.17) is 10.5 Å². The van der Waals surface area contributed by atoms with Crippen molar-refractivity contribution in [3.63, 3.8) is 0 Å². The van der Waals surface area contributed by atoms with Crippen LogP contribution in [0.1, 0.15) is 39.0 Å². The van der Waals surface area contributed by atoms with Gasteiger partial charge in [-0.3, -0.25) is 4.90 Å². The van der Waals surface area contributed by atoms with Gasteiger partial charge in [-0.25, -0.2) is 0 Å². The number of nitrogens with two attached hydrogens (primary N) is 1. The van der Waals surface area contributed by atoms with Crippen LogP contribution in [0, 0.1) is 11.8 Å². The molecule has 2 fully saturated rings. The molecule has 0 amide bonds. The van der Waals surface area contributed by atoms with Gasteiger partial charge in [0, 0.05) is 31.2 Å². The lowest BCUT2D eigenvalue weighted by atomic mass is 9.83. The normalized spacial score (nSPS) is 36.4. The summed E-state index contributed by atoms with van der Waals surface area (Å²) >= 11 is 0. The molecule has 0 radical (unpaired) electrons. The topological polar surface area (TPSA) is 38.5 Å². The summed E-state index contributed by atoms with van der Waals surface area (Å²) in [4.78, 5) is 2.57. The molecule has 3 nitrogen and oxygen atoms in total. The van der Waals surface area contributed by atoms with Gasteiger partial charge in [0.05, 0.1) is 6.61 Å². The molecule has 2 rings (SSSR count). The van der Waals surface area contributed by atoms with Gasteiger partial charge in [-0.15, -0.1) is 0 Å². The molecule has 1 aliphatic carbocycles. The second kappa shape index (κ2) is 6.17. The van der Waals surface area contributed by atoms with Gasteiger partial charge in [-0.05, 0) is 32.2 Å². The summed E-state index contributed by atoms with van der Waals surface area (Å²) in [5, 5.41) is 0. The maximum absolute atomic E-state index is 6.01. The monoisotopic (exact) mass is 240 g/mol. The van der Waals surface area contributed by atoms with Gasteiger partial charge in [-0.2, -0.15) is 0 Å². The first-order valence-corrected chi connectivity index (χ1v) is 7.23. The van der Waals surface area contributed by atoms with Crippen molar-refractivity contribution in [3.05, 3.63) is 0 Å². The van der Waals surface area contributed by atoms with E-state index in [1.165, 1.54) is 32.1 Å². The number of rotatable bonds is 4. The molecular formula is C14H28N2O. The van der Waals surface area contributed by atoms with Crippen LogP contribution < -0.4 is 5.73 Å². The van der Waals surface area contributed by atoms with Crippen molar-refractivity contribution in [3.8, 4) is 0 Å². The third kappa shape index (κ3) is 3.01. The highest BCUT2D eigenvalue weighted by Gasteiger charge is 2.34. The maximum Gasteiger partial charge on any atom is 0.0510 e. The fourth-order valence-corrected chi connectivity index (χ4v) is 3.70. The van der Waals surface area contributed by atoms with E-state index in [1.807, 2.05) is 0 Å². The number of nitrogens with zero attached hydrogens (tertiary/aromatic N) is 1. The molecule has 1 heterocycles. The first-order chi connectivity index (χ1) is 8.24. The zero-order chi connectivity index (χ0) is 12.3. The lowest BCUT2D eigenvalue weighted by Crippen LogP contribution is -2.51. The molecule has 1 aliphatic heterocycles. The number of hydrogen-bond donors (Lipinski definition) is 1. The van der Waals surface area contributed by atoms with Gasteiger partial charge in [0.25, 0.3) is 0 Å². The van der Waals surface area contributed by atoms with E-state index in [0.717, 1.165) is 31.7 Å². The first-order valence-electron chi connectivity index (χ1n) is 7.23. The van der Waals surface area contributed by atoms with Gasteiger partial charge in [0.2, 0.25) is 0 Å². The largest absolute Gasteiger partial charge is 0.381 e. The predicted octanol–water partition coefficient (Wildman–Crippen LogP) is 1.86. The zero-order valence-electron chi connectivity index (χ0n) is 11.4. The molecule has 0 aromatic heterocycles. The van der Waals surface area contributed by atoms with Crippen molar-refractivity contribution in [2.45, 2.75) is 51.1 Å². The number of ether oxygens (including phenoxy) is 1. The fraction of sp³-hybridized carbons (Fsp3) is 1.00. The van der Waals surface area contributed by atoms with Gasteiger partial charge in [0.15, 0.2) is 0 Å². The third-order valence-corrected chi connectivity index (χ3v) is 4.86. The van der Waals surface area contributed by atoms with Crippen LogP contribution in [0.5, 0.6) is 0 Å². The molecule has 0 aromatic rings. The minimum Gasteiger partial charge on any atom is -0.381 e. The first kappa shape index (κ1) is 13.3. The minimum absolute atomic E-state index is 0.517. The second-order valence-electron chi connectivity index (χ2n) is 5.92. The van der Waals surface area contributed by atoms with Crippen molar-refractivity contribution in [2.24, 2.45) is 17.6 Å². The SMILES string of the molecule is CC1CCCCC1N(C)C(CN)C1CCOC1. The Hall–Kier alpha value is -0.120. The van der Waals surface area contributed by atoms with Crippen LogP contribution in [0.3, 0.4) is 0 Å². The molecular weight excluding hydrogens is 212 g/mol. The standard InChI is InChI=1S/C14H28N2O/c1-11-5-3-4-6-13(11)16(2)14(9-15)12-7-8-17-10-12/h11-14H,3-10,15H2,1-2H3. The van der Waals surface area contributed by atoms with Gasteiger partial charge in [0.1, 0.15) is 0 Å². The summed E-state index contributed by atoms with van der Waals surface area (Å²) in [6.45, 7) is 5.01. The van der Waals surface area contributed by atoms with Crippen molar-refractivity contribution >= 4 is 0 Å². The molecule has 2 aliphatic rings. The Bertz CT molecular complexity index is 228. The van der Waals surface area contributed by atoms with E-state index in [2.05, 4.69) is 18.9 Å². The number of hydrogen-bond acceptors (Lipinski definition) is 3. The lowest BCUT2D eigenvalue weighted by molar-refractivity contribution is 0.0644. The van der Waals surface area contributed by atoms with E-state index in [9.17, 15) is 0 Å². The molecule has 4 unspecified atom stereocenters. The van der Waals surface area contributed by atoms with Crippen molar-refractivity contribution in [1.29, 1.82) is 0 Å². The average Bonchev–Trinajstić information content (AvgIpc) is 2.84. The van der Waals surface area contributed by atoms with Crippen LogP contribution in [-0.2, 0) is 4.74 Å². The molecule has 1 saturated heterocycles.